The fourth-order valence-corrected chi connectivity index (χ4v) is 3.31. The molecule has 23 heavy (non-hydrogen) atoms. The number of rotatable bonds is 5. The zero-order valence-electron chi connectivity index (χ0n) is 13.7. The van der Waals surface area contributed by atoms with E-state index >= 15 is 0 Å². The summed E-state index contributed by atoms with van der Waals surface area (Å²) in [6.07, 6.45) is -0.201. The number of nitrogens with one attached hydrogen (secondary N) is 1. The van der Waals surface area contributed by atoms with Crippen LogP contribution in [0, 0.1) is 6.92 Å². The number of carbonyl (C=O) groups excluding carboxylic acids is 1. The number of aromatic nitrogens is 2. The summed E-state index contributed by atoms with van der Waals surface area (Å²) >= 11 is 7.21. The van der Waals surface area contributed by atoms with Gasteiger partial charge in [-0.05, 0) is 51.8 Å². The van der Waals surface area contributed by atoms with E-state index in [0.29, 0.717) is 15.5 Å². The lowest BCUT2D eigenvalue weighted by atomic mass is 10.1. The van der Waals surface area contributed by atoms with Crippen LogP contribution in [0.2, 0.25) is 5.28 Å². The van der Waals surface area contributed by atoms with Gasteiger partial charge in [0.1, 0.15) is 15.5 Å². The molecule has 0 fully saturated rings. The van der Waals surface area contributed by atoms with Crippen molar-refractivity contribution in [2.75, 3.05) is 11.9 Å². The summed E-state index contributed by atoms with van der Waals surface area (Å²) in [5.74, 6) is 0.111. The first-order valence-electron chi connectivity index (χ1n) is 7.21. The molecule has 2 N–H and O–H groups in total. The Morgan fingerprint density at radius 1 is 1.43 bits per heavy atom. The van der Waals surface area contributed by atoms with Gasteiger partial charge in [0, 0.05) is 0 Å². The van der Waals surface area contributed by atoms with E-state index in [1.165, 1.54) is 11.3 Å². The van der Waals surface area contributed by atoms with Gasteiger partial charge in [-0.1, -0.05) is 0 Å². The lowest BCUT2D eigenvalue weighted by Gasteiger charge is -2.24. The third-order valence-electron chi connectivity index (χ3n) is 3.14. The molecule has 0 bridgehead atoms. The molecule has 0 aliphatic carbocycles. The van der Waals surface area contributed by atoms with Crippen molar-refractivity contribution in [2.45, 2.75) is 46.3 Å². The Bertz CT molecular complexity index is 743. The molecule has 0 amide bonds. The number of hydrogen-bond acceptors (Lipinski definition) is 7. The SMILES string of the molecule is Cc1c(C(=O)OC(C)C)sc2nc(Cl)nc(NC(C)(C)CO)c12. The van der Waals surface area contributed by atoms with Crippen molar-refractivity contribution in [3.8, 4) is 0 Å². The monoisotopic (exact) mass is 357 g/mol. The van der Waals surface area contributed by atoms with Gasteiger partial charge in [0.15, 0.2) is 0 Å². The van der Waals surface area contributed by atoms with Crippen molar-refractivity contribution in [2.24, 2.45) is 0 Å². The van der Waals surface area contributed by atoms with E-state index in [-0.39, 0.29) is 24.0 Å². The molecule has 0 atom stereocenters. The van der Waals surface area contributed by atoms with E-state index in [4.69, 9.17) is 16.3 Å². The minimum atomic E-state index is -0.586. The van der Waals surface area contributed by atoms with Gasteiger partial charge in [-0.2, -0.15) is 0 Å². The molecule has 0 radical (unpaired) electrons. The topological polar surface area (TPSA) is 84.3 Å². The first kappa shape index (κ1) is 17.9. The van der Waals surface area contributed by atoms with Crippen LogP contribution in [0.5, 0.6) is 0 Å². The number of aryl methyl sites for hydroxylation is 1. The van der Waals surface area contributed by atoms with Crippen molar-refractivity contribution >= 4 is 44.9 Å². The van der Waals surface area contributed by atoms with Crippen LogP contribution in [0.4, 0.5) is 5.82 Å². The minimum absolute atomic E-state index is 0.0818. The summed E-state index contributed by atoms with van der Waals surface area (Å²) in [5, 5.41) is 13.4. The minimum Gasteiger partial charge on any atom is -0.459 e. The van der Waals surface area contributed by atoms with Crippen LogP contribution < -0.4 is 5.32 Å². The molecule has 6 nitrogen and oxygen atoms in total. The molecule has 0 aliphatic rings. The second-order valence-electron chi connectivity index (χ2n) is 6.20. The fourth-order valence-electron chi connectivity index (χ4n) is 2.03. The smallest absolute Gasteiger partial charge is 0.348 e. The molecular formula is C15H20ClN3O3S. The maximum atomic E-state index is 12.2. The zero-order valence-corrected chi connectivity index (χ0v) is 15.3. The van der Waals surface area contributed by atoms with Gasteiger partial charge >= 0.3 is 5.97 Å². The number of aliphatic hydroxyl groups is 1. The van der Waals surface area contributed by atoms with Crippen LogP contribution in [0.1, 0.15) is 42.9 Å². The lowest BCUT2D eigenvalue weighted by molar-refractivity contribution is 0.0383. The van der Waals surface area contributed by atoms with Gasteiger partial charge in [-0.25, -0.2) is 14.8 Å². The maximum Gasteiger partial charge on any atom is 0.348 e. The number of fused-ring (bicyclic) bond motifs is 1. The Labute approximate surface area is 143 Å². The highest BCUT2D eigenvalue weighted by Gasteiger charge is 2.25. The molecule has 0 aliphatic heterocycles. The van der Waals surface area contributed by atoms with Crippen molar-refractivity contribution in [1.29, 1.82) is 0 Å². The molecule has 126 valence electrons. The molecule has 0 unspecified atom stereocenters. The standard InChI is InChI=1S/C15H20ClN3O3S/c1-7(2)22-13(21)10-8(3)9-11(19-15(4,5)6-20)17-14(16)18-12(9)23-10/h7,20H,6H2,1-5H3,(H,17,18,19). The van der Waals surface area contributed by atoms with E-state index in [2.05, 4.69) is 15.3 Å². The number of hydrogen-bond donors (Lipinski definition) is 2. The predicted octanol–water partition coefficient (Wildman–Crippen LogP) is 3.40. The lowest BCUT2D eigenvalue weighted by Crippen LogP contribution is -2.35. The third kappa shape index (κ3) is 3.91. The van der Waals surface area contributed by atoms with Gasteiger partial charge in [0.25, 0.3) is 0 Å². The highest BCUT2D eigenvalue weighted by atomic mass is 35.5. The molecule has 2 aromatic rings. The van der Waals surface area contributed by atoms with Gasteiger partial charge in [-0.15, -0.1) is 11.3 Å². The normalized spacial score (nSPS) is 12.0. The molecule has 0 spiro atoms. The van der Waals surface area contributed by atoms with Gasteiger partial charge in [0.05, 0.1) is 23.6 Å². The van der Waals surface area contributed by atoms with Gasteiger partial charge in [0.2, 0.25) is 5.28 Å². The maximum absolute atomic E-state index is 12.2. The molecule has 2 aromatic heterocycles. The van der Waals surface area contributed by atoms with Crippen molar-refractivity contribution in [3.63, 3.8) is 0 Å². The summed E-state index contributed by atoms with van der Waals surface area (Å²) < 4.78 is 5.27. The van der Waals surface area contributed by atoms with Crippen molar-refractivity contribution < 1.29 is 14.6 Å². The fraction of sp³-hybridized carbons (Fsp3) is 0.533. The number of halogens is 1. The second-order valence-corrected chi connectivity index (χ2v) is 7.54. The first-order valence-corrected chi connectivity index (χ1v) is 8.40. The largest absolute Gasteiger partial charge is 0.459 e. The quantitative estimate of drug-likeness (QED) is 0.630. The number of thiophene rings is 1. The molecule has 0 saturated carbocycles. The number of anilines is 1. The number of aliphatic hydroxyl groups excluding tert-OH is 1. The summed E-state index contributed by atoms with van der Waals surface area (Å²) in [6.45, 7) is 9.02. The Morgan fingerprint density at radius 2 is 2.09 bits per heavy atom. The Hall–Kier alpha value is -1.44. The van der Waals surface area contributed by atoms with Crippen molar-refractivity contribution in [3.05, 3.63) is 15.7 Å². The summed E-state index contributed by atoms with van der Waals surface area (Å²) in [5.41, 5.74) is 0.154. The molecule has 8 heteroatoms. The van der Waals surface area contributed by atoms with Gasteiger partial charge in [-0.3, -0.25) is 0 Å². The molecule has 2 heterocycles. The number of esters is 1. The number of ether oxygens (including phenoxy) is 1. The van der Waals surface area contributed by atoms with Crippen LogP contribution in [0.15, 0.2) is 0 Å². The molecule has 0 saturated heterocycles. The van der Waals surface area contributed by atoms with E-state index in [1.807, 2.05) is 20.8 Å². The first-order chi connectivity index (χ1) is 10.6. The van der Waals surface area contributed by atoms with Crippen molar-refractivity contribution in [1.82, 2.24) is 9.97 Å². The Balaban J connectivity index is 2.57. The van der Waals surface area contributed by atoms with E-state index in [0.717, 1.165) is 10.9 Å². The van der Waals surface area contributed by atoms with Crippen LogP contribution in [0.3, 0.4) is 0 Å². The Morgan fingerprint density at radius 3 is 2.65 bits per heavy atom. The van der Waals surface area contributed by atoms with E-state index in [1.54, 1.807) is 13.8 Å². The van der Waals surface area contributed by atoms with Crippen LogP contribution >= 0.6 is 22.9 Å². The average Bonchev–Trinajstić information content (AvgIpc) is 2.74. The van der Waals surface area contributed by atoms with E-state index < -0.39 is 5.54 Å². The second kappa shape index (κ2) is 6.59. The van der Waals surface area contributed by atoms with Gasteiger partial charge < -0.3 is 15.2 Å². The van der Waals surface area contributed by atoms with Crippen LogP contribution in [0.25, 0.3) is 10.2 Å². The highest BCUT2D eigenvalue weighted by molar-refractivity contribution is 7.20. The summed E-state index contributed by atoms with van der Waals surface area (Å²) in [6, 6.07) is 0. The zero-order chi connectivity index (χ0) is 17.4. The molecule has 0 aromatic carbocycles. The Kier molecular flexibility index (Phi) is 5.13. The number of carbonyl (C=O) groups is 1. The average molecular weight is 358 g/mol. The third-order valence-corrected chi connectivity index (χ3v) is 4.48. The molecular weight excluding hydrogens is 338 g/mol. The molecule has 2 rings (SSSR count). The highest BCUT2D eigenvalue weighted by Crippen LogP contribution is 2.36. The summed E-state index contributed by atoms with van der Waals surface area (Å²) in [7, 11) is 0. The van der Waals surface area contributed by atoms with E-state index in [9.17, 15) is 9.90 Å². The number of nitrogens with zero attached hydrogens (tertiary/aromatic N) is 2. The van der Waals surface area contributed by atoms with Crippen LogP contribution in [-0.2, 0) is 4.74 Å². The predicted molar refractivity (Wildman–Crippen MR) is 92.5 cm³/mol. The summed E-state index contributed by atoms with van der Waals surface area (Å²) in [4.78, 5) is 21.7. The van der Waals surface area contributed by atoms with Crippen LogP contribution in [-0.4, -0.2) is 39.3 Å².